The van der Waals surface area contributed by atoms with Gasteiger partial charge in [-0.2, -0.15) is 0 Å². The third-order valence-corrected chi connectivity index (χ3v) is 5.00. The van der Waals surface area contributed by atoms with Gasteiger partial charge < -0.3 is 15.5 Å². The standard InChI is InChI=1S/C20H18F4N4O/c21-15-5-11(6-16(22)19(15)24)8-28-9-17(26-10-28)27-20(29)14-2-1-12-7-25-4-3-13(12)18(14)23/h1-2,5-6,10,17,25H,3-4,7-9H2,(H,27,29). The first kappa shape index (κ1) is 19.4. The zero-order chi connectivity index (χ0) is 20.5. The van der Waals surface area contributed by atoms with E-state index >= 15 is 0 Å². The van der Waals surface area contributed by atoms with Gasteiger partial charge in [0.25, 0.3) is 5.91 Å². The van der Waals surface area contributed by atoms with Gasteiger partial charge in [-0.15, -0.1) is 0 Å². The second-order valence-corrected chi connectivity index (χ2v) is 7.05. The molecule has 0 saturated heterocycles. The van der Waals surface area contributed by atoms with Crippen LogP contribution in [0.25, 0.3) is 0 Å². The van der Waals surface area contributed by atoms with Crippen molar-refractivity contribution < 1.29 is 22.4 Å². The Kier molecular flexibility index (Phi) is 5.23. The Morgan fingerprint density at radius 1 is 1.17 bits per heavy atom. The van der Waals surface area contributed by atoms with Crippen LogP contribution in [-0.2, 0) is 19.5 Å². The van der Waals surface area contributed by atoms with Crippen molar-refractivity contribution in [1.29, 1.82) is 0 Å². The van der Waals surface area contributed by atoms with Gasteiger partial charge in [0.15, 0.2) is 17.5 Å². The number of amides is 1. The minimum atomic E-state index is -1.52. The fourth-order valence-electron chi connectivity index (χ4n) is 3.55. The summed E-state index contributed by atoms with van der Waals surface area (Å²) in [7, 11) is 0. The van der Waals surface area contributed by atoms with Gasteiger partial charge in [0.1, 0.15) is 12.0 Å². The minimum Gasteiger partial charge on any atom is -0.355 e. The van der Waals surface area contributed by atoms with E-state index in [0.29, 0.717) is 25.1 Å². The third kappa shape index (κ3) is 3.95. The fourth-order valence-corrected chi connectivity index (χ4v) is 3.55. The molecule has 0 aliphatic carbocycles. The first-order valence-corrected chi connectivity index (χ1v) is 9.15. The Morgan fingerprint density at radius 3 is 2.69 bits per heavy atom. The van der Waals surface area contributed by atoms with E-state index < -0.39 is 35.3 Å². The van der Waals surface area contributed by atoms with Crippen LogP contribution in [0.15, 0.2) is 29.3 Å². The Labute approximate surface area is 164 Å². The molecule has 4 rings (SSSR count). The molecular formula is C20H18F4N4O. The van der Waals surface area contributed by atoms with Crippen molar-refractivity contribution in [2.75, 3.05) is 13.1 Å². The summed E-state index contributed by atoms with van der Waals surface area (Å²) in [6.07, 6.45) is 1.32. The summed E-state index contributed by atoms with van der Waals surface area (Å²) in [6.45, 7) is 1.55. The summed E-state index contributed by atoms with van der Waals surface area (Å²) < 4.78 is 54.5. The smallest absolute Gasteiger partial charge is 0.255 e. The molecular weight excluding hydrogens is 388 g/mol. The summed E-state index contributed by atoms with van der Waals surface area (Å²) >= 11 is 0. The molecule has 152 valence electrons. The summed E-state index contributed by atoms with van der Waals surface area (Å²) in [5.41, 5.74) is 1.58. The number of hydrogen-bond donors (Lipinski definition) is 2. The molecule has 0 fully saturated rings. The SMILES string of the molecule is O=C(NC1CN(Cc2cc(F)c(F)c(F)c2)C=N1)c1ccc2c(c1F)CCNC2. The molecule has 0 spiro atoms. The lowest BCUT2D eigenvalue weighted by Gasteiger charge is -2.20. The summed E-state index contributed by atoms with van der Waals surface area (Å²) in [6, 6.07) is 5.02. The summed E-state index contributed by atoms with van der Waals surface area (Å²) in [5.74, 6) is -5.14. The zero-order valence-electron chi connectivity index (χ0n) is 15.3. The van der Waals surface area contributed by atoms with Gasteiger partial charge in [0.05, 0.1) is 18.4 Å². The molecule has 0 bridgehead atoms. The Bertz CT molecular complexity index is 972. The van der Waals surface area contributed by atoms with Crippen LogP contribution >= 0.6 is 0 Å². The molecule has 2 heterocycles. The van der Waals surface area contributed by atoms with Crippen LogP contribution < -0.4 is 10.6 Å². The number of halogens is 4. The first-order valence-electron chi connectivity index (χ1n) is 9.15. The lowest BCUT2D eigenvalue weighted by molar-refractivity contribution is 0.0932. The molecule has 0 radical (unpaired) electrons. The molecule has 0 saturated carbocycles. The number of fused-ring (bicyclic) bond motifs is 1. The van der Waals surface area contributed by atoms with Gasteiger partial charge in [0.2, 0.25) is 0 Å². The Morgan fingerprint density at radius 2 is 1.93 bits per heavy atom. The van der Waals surface area contributed by atoms with Crippen molar-refractivity contribution in [3.63, 3.8) is 0 Å². The second kappa shape index (κ2) is 7.82. The maximum atomic E-state index is 14.7. The van der Waals surface area contributed by atoms with Gasteiger partial charge in [-0.05, 0) is 47.9 Å². The normalized spacial score (nSPS) is 18.1. The molecule has 29 heavy (non-hydrogen) atoms. The zero-order valence-corrected chi connectivity index (χ0v) is 15.3. The number of nitrogens with zero attached hydrogens (tertiary/aromatic N) is 2. The third-order valence-electron chi connectivity index (χ3n) is 5.00. The molecule has 2 aliphatic rings. The molecule has 1 amide bonds. The average Bonchev–Trinajstić information content (AvgIpc) is 3.13. The van der Waals surface area contributed by atoms with Crippen molar-refractivity contribution in [2.45, 2.75) is 25.7 Å². The highest BCUT2D eigenvalue weighted by molar-refractivity contribution is 5.95. The lowest BCUT2D eigenvalue weighted by Crippen LogP contribution is -2.38. The van der Waals surface area contributed by atoms with Crippen molar-refractivity contribution in [1.82, 2.24) is 15.5 Å². The topological polar surface area (TPSA) is 56.7 Å². The number of nitrogens with one attached hydrogen (secondary N) is 2. The number of hydrogen-bond acceptors (Lipinski definition) is 4. The van der Waals surface area contributed by atoms with Gasteiger partial charge in [-0.3, -0.25) is 4.79 Å². The van der Waals surface area contributed by atoms with E-state index in [1.165, 1.54) is 12.4 Å². The van der Waals surface area contributed by atoms with Crippen molar-refractivity contribution in [2.24, 2.45) is 4.99 Å². The molecule has 1 unspecified atom stereocenters. The number of benzene rings is 2. The number of aliphatic imine (C=N–C) groups is 1. The molecule has 5 nitrogen and oxygen atoms in total. The van der Waals surface area contributed by atoms with Crippen LogP contribution in [0.5, 0.6) is 0 Å². The monoisotopic (exact) mass is 406 g/mol. The predicted molar refractivity (Wildman–Crippen MR) is 98.3 cm³/mol. The van der Waals surface area contributed by atoms with E-state index in [1.54, 1.807) is 11.0 Å². The molecule has 2 aromatic carbocycles. The Balaban J connectivity index is 1.39. The fraction of sp³-hybridized carbons (Fsp3) is 0.300. The van der Waals surface area contributed by atoms with E-state index in [0.717, 1.165) is 17.7 Å². The maximum Gasteiger partial charge on any atom is 0.255 e. The van der Waals surface area contributed by atoms with Gasteiger partial charge in [-0.25, -0.2) is 22.6 Å². The van der Waals surface area contributed by atoms with Crippen molar-refractivity contribution >= 4 is 12.2 Å². The van der Waals surface area contributed by atoms with Crippen LogP contribution in [0.2, 0.25) is 0 Å². The summed E-state index contributed by atoms with van der Waals surface area (Å²) in [4.78, 5) is 18.2. The largest absolute Gasteiger partial charge is 0.355 e. The highest BCUT2D eigenvalue weighted by Gasteiger charge is 2.24. The number of carbonyl (C=O) groups excluding carboxylic acids is 1. The highest BCUT2D eigenvalue weighted by atomic mass is 19.2. The van der Waals surface area contributed by atoms with Crippen LogP contribution in [0.1, 0.15) is 27.0 Å². The highest BCUT2D eigenvalue weighted by Crippen LogP contribution is 2.21. The molecule has 2 aliphatic heterocycles. The molecule has 9 heteroatoms. The summed E-state index contributed by atoms with van der Waals surface area (Å²) in [5, 5.41) is 5.80. The average molecular weight is 406 g/mol. The van der Waals surface area contributed by atoms with E-state index in [2.05, 4.69) is 15.6 Å². The second-order valence-electron chi connectivity index (χ2n) is 7.05. The maximum absolute atomic E-state index is 14.7. The number of carbonyl (C=O) groups is 1. The van der Waals surface area contributed by atoms with Crippen LogP contribution in [0.3, 0.4) is 0 Å². The van der Waals surface area contributed by atoms with Gasteiger partial charge >= 0.3 is 0 Å². The van der Waals surface area contributed by atoms with Gasteiger partial charge in [-0.1, -0.05) is 6.07 Å². The van der Waals surface area contributed by atoms with E-state index in [9.17, 15) is 22.4 Å². The molecule has 0 aromatic heterocycles. The lowest BCUT2D eigenvalue weighted by atomic mass is 9.97. The van der Waals surface area contributed by atoms with Crippen molar-refractivity contribution in [3.05, 3.63) is 69.8 Å². The Hall–Kier alpha value is -2.94. The number of rotatable bonds is 4. The van der Waals surface area contributed by atoms with E-state index in [-0.39, 0.29) is 24.2 Å². The van der Waals surface area contributed by atoms with E-state index in [1.807, 2.05) is 0 Å². The predicted octanol–water partition coefficient (Wildman–Crippen LogP) is 2.49. The molecule has 2 aromatic rings. The van der Waals surface area contributed by atoms with E-state index in [4.69, 9.17) is 0 Å². The molecule has 2 N–H and O–H groups in total. The van der Waals surface area contributed by atoms with Crippen molar-refractivity contribution in [3.8, 4) is 0 Å². The first-order chi connectivity index (χ1) is 13.9. The van der Waals surface area contributed by atoms with Crippen LogP contribution in [0.4, 0.5) is 17.6 Å². The quantitative estimate of drug-likeness (QED) is 0.606. The van der Waals surface area contributed by atoms with Crippen LogP contribution in [-0.4, -0.2) is 36.4 Å². The van der Waals surface area contributed by atoms with Gasteiger partial charge in [0, 0.05) is 13.1 Å². The van der Waals surface area contributed by atoms with Crippen LogP contribution in [0, 0.1) is 23.3 Å². The minimum absolute atomic E-state index is 0.0398. The molecule has 1 atom stereocenters.